The first kappa shape index (κ1) is 14.6. The monoisotopic (exact) mass is 249 g/mol. The van der Waals surface area contributed by atoms with Crippen molar-refractivity contribution in [1.82, 2.24) is 5.32 Å². The van der Waals surface area contributed by atoms with Crippen LogP contribution in [0.4, 0.5) is 0 Å². The van der Waals surface area contributed by atoms with Gasteiger partial charge in [0.25, 0.3) is 5.91 Å². The summed E-state index contributed by atoms with van der Waals surface area (Å²) in [7, 11) is 0. The van der Waals surface area contributed by atoms with Crippen LogP contribution < -0.4 is 5.32 Å². The molecule has 0 radical (unpaired) electrons. The number of carbonyl (C=O) groups excluding carboxylic acids is 1. The molecule has 0 saturated carbocycles. The predicted octanol–water partition coefficient (Wildman–Crippen LogP) is 3.26. The normalized spacial score (nSPS) is 12.5. The number of hydrogen-bond donors (Lipinski definition) is 2. The van der Waals surface area contributed by atoms with Crippen LogP contribution in [0.5, 0.6) is 5.75 Å². The van der Waals surface area contributed by atoms with Gasteiger partial charge in [0.15, 0.2) is 0 Å². The maximum absolute atomic E-state index is 12.1. The van der Waals surface area contributed by atoms with Crippen LogP contribution in [0.25, 0.3) is 0 Å². The Morgan fingerprint density at radius 3 is 2.44 bits per heavy atom. The van der Waals surface area contributed by atoms with Gasteiger partial charge >= 0.3 is 0 Å². The van der Waals surface area contributed by atoms with E-state index in [4.69, 9.17) is 0 Å². The second-order valence-corrected chi connectivity index (χ2v) is 4.84. The summed E-state index contributed by atoms with van der Waals surface area (Å²) in [6.07, 6.45) is 2.12. The summed E-state index contributed by atoms with van der Waals surface area (Å²) in [5.74, 6) is 0.635. The SMILES string of the molecule is CCC(CC)C(C)NC(=O)c1ccc(O)cc1C. The van der Waals surface area contributed by atoms with E-state index in [1.165, 1.54) is 0 Å². The summed E-state index contributed by atoms with van der Waals surface area (Å²) in [6.45, 7) is 8.16. The smallest absolute Gasteiger partial charge is 0.251 e. The van der Waals surface area contributed by atoms with Crippen molar-refractivity contribution in [2.45, 2.75) is 46.6 Å². The Balaban J connectivity index is 2.76. The van der Waals surface area contributed by atoms with Crippen LogP contribution in [-0.4, -0.2) is 17.1 Å². The van der Waals surface area contributed by atoms with Gasteiger partial charge in [0.2, 0.25) is 0 Å². The molecule has 0 aromatic heterocycles. The molecule has 1 aromatic rings. The lowest BCUT2D eigenvalue weighted by Gasteiger charge is -2.22. The highest BCUT2D eigenvalue weighted by molar-refractivity contribution is 5.95. The fraction of sp³-hybridized carbons (Fsp3) is 0.533. The number of phenolic OH excluding ortho intramolecular Hbond substituents is 1. The van der Waals surface area contributed by atoms with Crippen LogP contribution in [0.15, 0.2) is 18.2 Å². The fourth-order valence-electron chi connectivity index (χ4n) is 2.30. The van der Waals surface area contributed by atoms with Gasteiger partial charge in [-0.3, -0.25) is 4.79 Å². The molecule has 18 heavy (non-hydrogen) atoms. The van der Waals surface area contributed by atoms with Gasteiger partial charge in [-0.1, -0.05) is 26.7 Å². The number of amides is 1. The van der Waals surface area contributed by atoms with Crippen LogP contribution in [0.3, 0.4) is 0 Å². The van der Waals surface area contributed by atoms with E-state index in [0.29, 0.717) is 11.5 Å². The molecule has 1 aromatic carbocycles. The predicted molar refractivity (Wildman–Crippen MR) is 73.8 cm³/mol. The molecule has 1 rings (SSSR count). The first-order valence-corrected chi connectivity index (χ1v) is 6.60. The molecular formula is C15H23NO2. The van der Waals surface area contributed by atoms with Gasteiger partial charge in [-0.25, -0.2) is 0 Å². The van der Waals surface area contributed by atoms with Crippen LogP contribution in [0, 0.1) is 12.8 Å². The minimum absolute atomic E-state index is 0.0631. The number of hydrogen-bond acceptors (Lipinski definition) is 2. The molecule has 0 fully saturated rings. The molecule has 0 aliphatic rings. The van der Waals surface area contributed by atoms with Crippen molar-refractivity contribution >= 4 is 5.91 Å². The minimum atomic E-state index is -0.0631. The number of aromatic hydroxyl groups is 1. The summed E-state index contributed by atoms with van der Waals surface area (Å²) >= 11 is 0. The van der Waals surface area contributed by atoms with Gasteiger partial charge < -0.3 is 10.4 Å². The average Bonchev–Trinajstić information content (AvgIpc) is 2.30. The Morgan fingerprint density at radius 1 is 1.33 bits per heavy atom. The third kappa shape index (κ3) is 3.49. The van der Waals surface area contributed by atoms with Crippen molar-refractivity contribution in [3.8, 4) is 5.75 Å². The third-order valence-corrected chi connectivity index (χ3v) is 3.57. The highest BCUT2D eigenvalue weighted by Gasteiger charge is 2.17. The van der Waals surface area contributed by atoms with Gasteiger partial charge in [0.1, 0.15) is 5.75 Å². The first-order valence-electron chi connectivity index (χ1n) is 6.60. The van der Waals surface area contributed by atoms with E-state index >= 15 is 0 Å². The van der Waals surface area contributed by atoms with Crippen molar-refractivity contribution in [3.05, 3.63) is 29.3 Å². The molecule has 100 valence electrons. The van der Waals surface area contributed by atoms with E-state index in [2.05, 4.69) is 19.2 Å². The third-order valence-electron chi connectivity index (χ3n) is 3.57. The van der Waals surface area contributed by atoms with Gasteiger partial charge in [0, 0.05) is 11.6 Å². The Morgan fingerprint density at radius 2 is 1.94 bits per heavy atom. The highest BCUT2D eigenvalue weighted by atomic mass is 16.3. The molecule has 0 saturated heterocycles. The zero-order valence-corrected chi connectivity index (χ0v) is 11.7. The fourth-order valence-corrected chi connectivity index (χ4v) is 2.30. The van der Waals surface area contributed by atoms with Crippen molar-refractivity contribution in [2.75, 3.05) is 0 Å². The molecule has 2 N–H and O–H groups in total. The molecular weight excluding hydrogens is 226 g/mol. The lowest BCUT2D eigenvalue weighted by molar-refractivity contribution is 0.0924. The van der Waals surface area contributed by atoms with E-state index < -0.39 is 0 Å². The second-order valence-electron chi connectivity index (χ2n) is 4.84. The molecule has 0 aliphatic heterocycles. The molecule has 1 amide bonds. The van der Waals surface area contributed by atoms with E-state index in [1.54, 1.807) is 18.2 Å². The van der Waals surface area contributed by atoms with Gasteiger partial charge in [0.05, 0.1) is 0 Å². The summed E-state index contributed by atoms with van der Waals surface area (Å²) in [6, 6.07) is 4.99. The van der Waals surface area contributed by atoms with E-state index in [9.17, 15) is 9.90 Å². The molecule has 0 spiro atoms. The first-order chi connectivity index (χ1) is 8.49. The van der Waals surface area contributed by atoms with Gasteiger partial charge in [-0.15, -0.1) is 0 Å². The molecule has 3 heteroatoms. The van der Waals surface area contributed by atoms with Crippen molar-refractivity contribution in [1.29, 1.82) is 0 Å². The number of nitrogens with one attached hydrogen (secondary N) is 1. The van der Waals surface area contributed by atoms with Crippen LogP contribution in [0.2, 0.25) is 0 Å². The average molecular weight is 249 g/mol. The molecule has 1 unspecified atom stereocenters. The molecule has 1 atom stereocenters. The summed E-state index contributed by atoms with van der Waals surface area (Å²) < 4.78 is 0. The summed E-state index contributed by atoms with van der Waals surface area (Å²) in [5.41, 5.74) is 1.43. The molecule has 3 nitrogen and oxygen atoms in total. The lowest BCUT2D eigenvalue weighted by atomic mass is 9.95. The Labute approximate surface area is 109 Å². The highest BCUT2D eigenvalue weighted by Crippen LogP contribution is 2.17. The number of aryl methyl sites for hydroxylation is 1. The van der Waals surface area contributed by atoms with Crippen molar-refractivity contribution in [2.24, 2.45) is 5.92 Å². The topological polar surface area (TPSA) is 49.3 Å². The van der Waals surface area contributed by atoms with Gasteiger partial charge in [-0.2, -0.15) is 0 Å². The zero-order valence-electron chi connectivity index (χ0n) is 11.7. The zero-order chi connectivity index (χ0) is 13.7. The largest absolute Gasteiger partial charge is 0.508 e. The van der Waals surface area contributed by atoms with Crippen molar-refractivity contribution in [3.63, 3.8) is 0 Å². The standard InChI is InChI=1S/C15H23NO2/c1-5-12(6-2)11(4)16-15(18)14-8-7-13(17)9-10(14)3/h7-9,11-12,17H,5-6H2,1-4H3,(H,16,18). The molecule has 0 heterocycles. The van der Waals surface area contributed by atoms with E-state index in [-0.39, 0.29) is 17.7 Å². The number of phenols is 1. The molecule has 0 bridgehead atoms. The quantitative estimate of drug-likeness (QED) is 0.841. The van der Waals surface area contributed by atoms with Crippen LogP contribution in [-0.2, 0) is 0 Å². The Hall–Kier alpha value is -1.51. The maximum Gasteiger partial charge on any atom is 0.251 e. The molecule has 0 aliphatic carbocycles. The van der Waals surface area contributed by atoms with E-state index in [1.807, 2.05) is 13.8 Å². The summed E-state index contributed by atoms with van der Waals surface area (Å²) in [4.78, 5) is 12.1. The maximum atomic E-state index is 12.1. The lowest BCUT2D eigenvalue weighted by Crippen LogP contribution is -2.38. The second kappa shape index (κ2) is 6.43. The Kier molecular flexibility index (Phi) is 5.20. The van der Waals surface area contributed by atoms with Crippen LogP contribution >= 0.6 is 0 Å². The van der Waals surface area contributed by atoms with E-state index in [0.717, 1.165) is 18.4 Å². The van der Waals surface area contributed by atoms with Crippen LogP contribution in [0.1, 0.15) is 49.5 Å². The summed E-state index contributed by atoms with van der Waals surface area (Å²) in [5, 5.41) is 12.4. The number of benzene rings is 1. The number of carbonyl (C=O) groups is 1. The number of rotatable bonds is 5. The van der Waals surface area contributed by atoms with Gasteiger partial charge in [-0.05, 0) is 43.5 Å². The Bertz CT molecular complexity index is 411. The van der Waals surface area contributed by atoms with Crippen molar-refractivity contribution < 1.29 is 9.90 Å². The minimum Gasteiger partial charge on any atom is -0.508 e.